The Hall–Kier alpha value is -2.62. The number of likely N-dealkylation sites (tertiary alicyclic amines) is 1. The number of rotatable bonds is 8. The van der Waals surface area contributed by atoms with Crippen LogP contribution in [0.15, 0.2) is 30.6 Å². The van der Waals surface area contributed by atoms with Crippen LogP contribution in [0.2, 0.25) is 0 Å². The molecule has 0 radical (unpaired) electrons. The standard InChI is InChI=1S/C23H30N8S/c1-16(2)22-28-29-23(32-22)27-21-7-6-19-20(26-21)12-17(13-24-19)18-14-25-31(15-18)11-5-10-30-8-3-4-9-30/h6-7,12-13,15-16,25H,3-5,8-11,14H2,1-2H3,(H,26,27,29). The molecule has 8 nitrogen and oxygen atoms in total. The van der Waals surface area contributed by atoms with Crippen molar-refractivity contribution in [2.75, 3.05) is 38.0 Å². The zero-order valence-electron chi connectivity index (χ0n) is 18.7. The monoisotopic (exact) mass is 450 g/mol. The van der Waals surface area contributed by atoms with Crippen LogP contribution >= 0.6 is 11.3 Å². The van der Waals surface area contributed by atoms with Crippen LogP contribution in [0.4, 0.5) is 10.9 Å². The van der Waals surface area contributed by atoms with Crippen LogP contribution in [0.5, 0.6) is 0 Å². The van der Waals surface area contributed by atoms with Crippen molar-refractivity contribution in [2.24, 2.45) is 0 Å². The summed E-state index contributed by atoms with van der Waals surface area (Å²) in [5.74, 6) is 1.12. The topological polar surface area (TPSA) is 82.1 Å². The van der Waals surface area contributed by atoms with Crippen molar-refractivity contribution < 1.29 is 0 Å². The summed E-state index contributed by atoms with van der Waals surface area (Å²) >= 11 is 1.56. The van der Waals surface area contributed by atoms with Gasteiger partial charge in [0.2, 0.25) is 5.13 Å². The highest BCUT2D eigenvalue weighted by atomic mass is 32.1. The third-order valence-electron chi connectivity index (χ3n) is 5.93. The molecule has 168 valence electrons. The lowest BCUT2D eigenvalue weighted by atomic mass is 10.1. The third-order valence-corrected chi connectivity index (χ3v) is 7.07. The van der Waals surface area contributed by atoms with Gasteiger partial charge in [0.15, 0.2) is 0 Å². The molecular weight excluding hydrogens is 420 g/mol. The second kappa shape index (κ2) is 9.48. The highest BCUT2D eigenvalue weighted by Gasteiger charge is 2.16. The Kier molecular flexibility index (Phi) is 6.29. The molecule has 0 amide bonds. The molecule has 2 aliphatic rings. The number of nitrogens with one attached hydrogen (secondary N) is 2. The van der Waals surface area contributed by atoms with E-state index in [1.807, 2.05) is 18.3 Å². The van der Waals surface area contributed by atoms with E-state index in [2.05, 4.69) is 61.9 Å². The molecule has 1 fully saturated rings. The van der Waals surface area contributed by atoms with Gasteiger partial charge in [-0.15, -0.1) is 10.2 Å². The van der Waals surface area contributed by atoms with Crippen LogP contribution in [0.25, 0.3) is 16.6 Å². The normalized spacial score (nSPS) is 17.0. The molecule has 0 atom stereocenters. The van der Waals surface area contributed by atoms with Gasteiger partial charge in [-0.05, 0) is 62.7 Å². The average Bonchev–Trinajstić information content (AvgIpc) is 3.56. The van der Waals surface area contributed by atoms with Crippen LogP contribution in [0, 0.1) is 0 Å². The number of aromatic nitrogens is 4. The number of hydrogen-bond acceptors (Lipinski definition) is 9. The minimum absolute atomic E-state index is 0.368. The lowest BCUT2D eigenvalue weighted by Gasteiger charge is -2.19. The lowest BCUT2D eigenvalue weighted by Crippen LogP contribution is -2.32. The van der Waals surface area contributed by atoms with Gasteiger partial charge in [-0.25, -0.2) is 10.4 Å². The van der Waals surface area contributed by atoms with Gasteiger partial charge in [0.1, 0.15) is 10.8 Å². The van der Waals surface area contributed by atoms with Crippen LogP contribution in [0.1, 0.15) is 49.6 Å². The Balaban J connectivity index is 1.26. The number of fused-ring (bicyclic) bond motifs is 1. The number of hydrazine groups is 1. The first-order valence-electron chi connectivity index (χ1n) is 11.4. The summed E-state index contributed by atoms with van der Waals surface area (Å²) in [4.78, 5) is 12.0. The SMILES string of the molecule is CC(C)c1nnc(Nc2ccc3ncc(C4=CN(CCCN5CCCC5)NC4)cc3n2)s1. The van der Waals surface area contributed by atoms with Gasteiger partial charge in [-0.2, -0.15) is 0 Å². The second-order valence-electron chi connectivity index (χ2n) is 8.77. The Morgan fingerprint density at radius 2 is 2.00 bits per heavy atom. The summed E-state index contributed by atoms with van der Waals surface area (Å²) in [7, 11) is 0. The average molecular weight is 451 g/mol. The predicted molar refractivity (Wildman–Crippen MR) is 130 cm³/mol. The van der Waals surface area contributed by atoms with Gasteiger partial charge in [0, 0.05) is 37.0 Å². The zero-order chi connectivity index (χ0) is 21.9. The van der Waals surface area contributed by atoms with Crippen molar-refractivity contribution in [3.63, 3.8) is 0 Å². The summed E-state index contributed by atoms with van der Waals surface area (Å²) in [6, 6.07) is 6.04. The molecule has 5 rings (SSSR count). The molecule has 0 saturated carbocycles. The van der Waals surface area contributed by atoms with Crippen molar-refractivity contribution in [3.8, 4) is 0 Å². The number of nitrogens with zero attached hydrogens (tertiary/aromatic N) is 6. The van der Waals surface area contributed by atoms with E-state index in [0.29, 0.717) is 5.92 Å². The first-order valence-corrected chi connectivity index (χ1v) is 12.3. The Bertz CT molecular complexity index is 1100. The fourth-order valence-electron chi connectivity index (χ4n) is 4.14. The van der Waals surface area contributed by atoms with Crippen molar-refractivity contribution in [1.82, 2.24) is 35.5 Å². The molecule has 1 saturated heterocycles. The largest absolute Gasteiger partial charge is 0.315 e. The van der Waals surface area contributed by atoms with Gasteiger partial charge in [0.25, 0.3) is 0 Å². The van der Waals surface area contributed by atoms with Gasteiger partial charge < -0.3 is 15.2 Å². The van der Waals surface area contributed by atoms with E-state index in [1.165, 1.54) is 44.5 Å². The molecule has 0 spiro atoms. The minimum Gasteiger partial charge on any atom is -0.315 e. The van der Waals surface area contributed by atoms with E-state index >= 15 is 0 Å². The van der Waals surface area contributed by atoms with E-state index in [1.54, 1.807) is 11.3 Å². The summed E-state index contributed by atoms with van der Waals surface area (Å²) in [6.45, 7) is 9.79. The van der Waals surface area contributed by atoms with E-state index in [-0.39, 0.29) is 0 Å². The van der Waals surface area contributed by atoms with Crippen LogP contribution in [-0.4, -0.2) is 62.8 Å². The van der Waals surface area contributed by atoms with Crippen molar-refractivity contribution in [1.29, 1.82) is 0 Å². The molecule has 0 bridgehead atoms. The van der Waals surface area contributed by atoms with Crippen LogP contribution in [-0.2, 0) is 0 Å². The maximum absolute atomic E-state index is 4.77. The quantitative estimate of drug-likeness (QED) is 0.533. The Morgan fingerprint density at radius 3 is 2.81 bits per heavy atom. The summed E-state index contributed by atoms with van der Waals surface area (Å²) in [6.07, 6.45) is 8.03. The van der Waals surface area contributed by atoms with E-state index < -0.39 is 0 Å². The molecule has 9 heteroatoms. The molecule has 5 heterocycles. The summed E-state index contributed by atoms with van der Waals surface area (Å²) in [5.41, 5.74) is 7.58. The van der Waals surface area contributed by atoms with Gasteiger partial charge in [-0.3, -0.25) is 4.98 Å². The fraction of sp³-hybridized carbons (Fsp3) is 0.478. The van der Waals surface area contributed by atoms with E-state index in [0.717, 1.165) is 45.6 Å². The minimum atomic E-state index is 0.368. The highest BCUT2D eigenvalue weighted by molar-refractivity contribution is 7.15. The molecule has 0 aliphatic carbocycles. The fourth-order valence-corrected chi connectivity index (χ4v) is 4.89. The van der Waals surface area contributed by atoms with Gasteiger partial charge >= 0.3 is 0 Å². The summed E-state index contributed by atoms with van der Waals surface area (Å²) in [5, 5.41) is 15.7. The zero-order valence-corrected chi connectivity index (χ0v) is 19.5. The molecular formula is C23H30N8S. The number of pyridine rings is 2. The number of anilines is 2. The molecule has 0 unspecified atom stereocenters. The summed E-state index contributed by atoms with van der Waals surface area (Å²) < 4.78 is 0. The van der Waals surface area contributed by atoms with E-state index in [4.69, 9.17) is 4.98 Å². The van der Waals surface area contributed by atoms with Gasteiger partial charge in [0.05, 0.1) is 11.0 Å². The predicted octanol–water partition coefficient (Wildman–Crippen LogP) is 4.00. The highest BCUT2D eigenvalue weighted by Crippen LogP contribution is 2.26. The smallest absolute Gasteiger partial charge is 0.211 e. The maximum atomic E-state index is 4.77. The van der Waals surface area contributed by atoms with E-state index in [9.17, 15) is 0 Å². The van der Waals surface area contributed by atoms with Crippen molar-refractivity contribution in [2.45, 2.75) is 39.0 Å². The third kappa shape index (κ3) is 4.90. The molecule has 0 aromatic carbocycles. The van der Waals surface area contributed by atoms with Crippen molar-refractivity contribution in [3.05, 3.63) is 41.2 Å². The lowest BCUT2D eigenvalue weighted by molar-refractivity contribution is 0.265. The molecule has 3 aromatic heterocycles. The molecule has 2 aliphatic heterocycles. The van der Waals surface area contributed by atoms with Crippen molar-refractivity contribution >= 4 is 38.9 Å². The first kappa shape index (κ1) is 21.2. The molecule has 2 N–H and O–H groups in total. The Morgan fingerprint density at radius 1 is 1.12 bits per heavy atom. The second-order valence-corrected chi connectivity index (χ2v) is 9.78. The first-order chi connectivity index (χ1) is 15.6. The molecule has 32 heavy (non-hydrogen) atoms. The maximum Gasteiger partial charge on any atom is 0.211 e. The van der Waals surface area contributed by atoms with Crippen LogP contribution < -0.4 is 10.7 Å². The van der Waals surface area contributed by atoms with Crippen LogP contribution in [0.3, 0.4) is 0 Å². The van der Waals surface area contributed by atoms with Gasteiger partial charge in [-0.1, -0.05) is 25.2 Å². The molecule has 3 aromatic rings. The Labute approximate surface area is 192 Å². The number of hydrogen-bond donors (Lipinski definition) is 2.